The second kappa shape index (κ2) is 7.25. The second-order valence-corrected chi connectivity index (χ2v) is 6.16. The Morgan fingerprint density at radius 1 is 1.16 bits per heavy atom. The van der Waals surface area contributed by atoms with Crippen LogP contribution >= 0.6 is 0 Å². The molecule has 0 heterocycles. The van der Waals surface area contributed by atoms with Gasteiger partial charge in [-0.3, -0.25) is 4.79 Å². The summed E-state index contributed by atoms with van der Waals surface area (Å²) in [6.45, 7) is 0.876. The topological polar surface area (TPSA) is 66.6 Å². The molecule has 4 heteroatoms. The van der Waals surface area contributed by atoms with Crippen molar-refractivity contribution in [3.8, 4) is 0 Å². The lowest BCUT2D eigenvalue weighted by Gasteiger charge is -2.39. The van der Waals surface area contributed by atoms with Crippen LogP contribution in [0.4, 0.5) is 0 Å². The lowest BCUT2D eigenvalue weighted by molar-refractivity contribution is -0.136. The number of hydrogen-bond donors (Lipinski definition) is 2. The molecular weight excluding hydrogens is 240 g/mol. The van der Waals surface area contributed by atoms with E-state index in [2.05, 4.69) is 0 Å². The van der Waals surface area contributed by atoms with Crippen LogP contribution < -0.4 is 5.73 Å². The van der Waals surface area contributed by atoms with Gasteiger partial charge in [-0.25, -0.2) is 0 Å². The Morgan fingerprint density at radius 3 is 2.47 bits per heavy atom. The van der Waals surface area contributed by atoms with E-state index in [1.807, 2.05) is 4.90 Å². The first-order chi connectivity index (χ1) is 9.22. The monoisotopic (exact) mass is 268 g/mol. The van der Waals surface area contributed by atoms with Gasteiger partial charge in [0.05, 0.1) is 0 Å². The summed E-state index contributed by atoms with van der Waals surface area (Å²) < 4.78 is 0. The predicted molar refractivity (Wildman–Crippen MR) is 75.6 cm³/mol. The minimum absolute atomic E-state index is 0.166. The van der Waals surface area contributed by atoms with Gasteiger partial charge in [0.15, 0.2) is 0 Å². The first-order valence-electron chi connectivity index (χ1n) is 7.88. The van der Waals surface area contributed by atoms with E-state index in [-0.39, 0.29) is 18.6 Å². The summed E-state index contributed by atoms with van der Waals surface area (Å²) in [4.78, 5) is 14.5. The first kappa shape index (κ1) is 14.8. The van der Waals surface area contributed by atoms with Crippen molar-refractivity contribution in [2.75, 3.05) is 13.2 Å². The highest BCUT2D eigenvalue weighted by molar-refractivity contribution is 5.77. The van der Waals surface area contributed by atoms with Gasteiger partial charge < -0.3 is 15.7 Å². The predicted octanol–water partition coefficient (Wildman–Crippen LogP) is 1.66. The summed E-state index contributed by atoms with van der Waals surface area (Å²) in [6.07, 6.45) is 9.40. The van der Waals surface area contributed by atoms with E-state index < -0.39 is 0 Å². The van der Waals surface area contributed by atoms with Crippen LogP contribution in [0.2, 0.25) is 0 Å². The average molecular weight is 268 g/mol. The van der Waals surface area contributed by atoms with Gasteiger partial charge in [-0.2, -0.15) is 0 Å². The molecule has 0 radical (unpaired) electrons. The van der Waals surface area contributed by atoms with E-state index in [0.29, 0.717) is 31.3 Å². The number of hydrogen-bond acceptors (Lipinski definition) is 3. The van der Waals surface area contributed by atoms with Crippen molar-refractivity contribution < 1.29 is 9.90 Å². The molecule has 0 aliphatic heterocycles. The molecule has 2 fully saturated rings. The fourth-order valence-corrected chi connectivity index (χ4v) is 3.28. The largest absolute Gasteiger partial charge is 0.396 e. The van der Waals surface area contributed by atoms with Crippen molar-refractivity contribution >= 4 is 5.91 Å². The fraction of sp³-hybridized carbons (Fsp3) is 0.933. The van der Waals surface area contributed by atoms with Crippen molar-refractivity contribution in [1.82, 2.24) is 4.90 Å². The average Bonchev–Trinajstić information content (AvgIpc) is 2.34. The molecule has 2 aliphatic carbocycles. The van der Waals surface area contributed by atoms with E-state index in [9.17, 15) is 4.79 Å². The van der Waals surface area contributed by atoms with Crippen LogP contribution in [0.5, 0.6) is 0 Å². The lowest BCUT2D eigenvalue weighted by atomic mass is 9.82. The van der Waals surface area contributed by atoms with Crippen LogP contribution in [0.15, 0.2) is 0 Å². The second-order valence-electron chi connectivity index (χ2n) is 6.16. The maximum Gasteiger partial charge on any atom is 0.223 e. The van der Waals surface area contributed by atoms with E-state index in [0.717, 1.165) is 25.7 Å². The Balaban J connectivity index is 1.86. The summed E-state index contributed by atoms with van der Waals surface area (Å²) in [6, 6.07) is 0.637. The number of amides is 1. The zero-order valence-corrected chi connectivity index (χ0v) is 11.9. The summed E-state index contributed by atoms with van der Waals surface area (Å²) in [5.41, 5.74) is 6.14. The van der Waals surface area contributed by atoms with Gasteiger partial charge in [0.2, 0.25) is 5.91 Å². The summed E-state index contributed by atoms with van der Waals surface area (Å²) in [5, 5.41) is 8.97. The van der Waals surface area contributed by atoms with Gasteiger partial charge in [0.25, 0.3) is 0 Å². The SMILES string of the molecule is NC1CCCCC1CC(=O)N(CCCO)C1CCC1. The van der Waals surface area contributed by atoms with Crippen molar-refractivity contribution in [3.63, 3.8) is 0 Å². The Hall–Kier alpha value is -0.610. The van der Waals surface area contributed by atoms with Crippen LogP contribution in [0, 0.1) is 5.92 Å². The Labute approximate surface area is 116 Å². The van der Waals surface area contributed by atoms with Crippen LogP contribution in [0.1, 0.15) is 57.8 Å². The number of carbonyl (C=O) groups is 1. The summed E-state index contributed by atoms with van der Waals surface area (Å²) >= 11 is 0. The highest BCUT2D eigenvalue weighted by Gasteiger charge is 2.31. The van der Waals surface area contributed by atoms with E-state index in [1.165, 1.54) is 19.3 Å². The number of carbonyl (C=O) groups excluding carboxylic acids is 1. The summed E-state index contributed by atoms with van der Waals surface area (Å²) in [7, 11) is 0. The van der Waals surface area contributed by atoms with E-state index in [1.54, 1.807) is 0 Å². The Morgan fingerprint density at radius 2 is 1.89 bits per heavy atom. The standard InChI is InChI=1S/C15H28N2O2/c16-14-8-2-1-5-12(14)11-15(19)17(9-4-10-18)13-6-3-7-13/h12-14,18H,1-11,16H2. The smallest absolute Gasteiger partial charge is 0.223 e. The Kier molecular flexibility index (Phi) is 5.64. The molecular formula is C15H28N2O2. The molecule has 0 aromatic heterocycles. The number of rotatable bonds is 6. The first-order valence-corrected chi connectivity index (χ1v) is 7.88. The fourth-order valence-electron chi connectivity index (χ4n) is 3.28. The number of aliphatic hydroxyl groups excluding tert-OH is 1. The molecule has 2 atom stereocenters. The molecule has 2 rings (SSSR count). The number of aliphatic hydroxyl groups is 1. The van der Waals surface area contributed by atoms with E-state index in [4.69, 9.17) is 10.8 Å². The van der Waals surface area contributed by atoms with Crippen molar-refractivity contribution in [3.05, 3.63) is 0 Å². The summed E-state index contributed by atoms with van der Waals surface area (Å²) in [5.74, 6) is 0.637. The van der Waals surface area contributed by atoms with Gasteiger partial charge >= 0.3 is 0 Å². The molecule has 19 heavy (non-hydrogen) atoms. The van der Waals surface area contributed by atoms with Gasteiger partial charge in [0, 0.05) is 31.7 Å². The zero-order valence-electron chi connectivity index (χ0n) is 11.9. The van der Waals surface area contributed by atoms with Crippen molar-refractivity contribution in [2.45, 2.75) is 69.9 Å². The molecule has 2 aliphatic rings. The quantitative estimate of drug-likeness (QED) is 0.770. The zero-order chi connectivity index (χ0) is 13.7. The van der Waals surface area contributed by atoms with Crippen LogP contribution in [-0.4, -0.2) is 41.1 Å². The van der Waals surface area contributed by atoms with Gasteiger partial charge in [-0.1, -0.05) is 12.8 Å². The van der Waals surface area contributed by atoms with E-state index >= 15 is 0 Å². The third-order valence-corrected chi connectivity index (χ3v) is 4.80. The van der Waals surface area contributed by atoms with Crippen molar-refractivity contribution in [2.24, 2.45) is 11.7 Å². The number of nitrogens with two attached hydrogens (primary N) is 1. The molecule has 1 amide bonds. The third-order valence-electron chi connectivity index (χ3n) is 4.80. The molecule has 2 unspecified atom stereocenters. The van der Waals surface area contributed by atoms with Gasteiger partial charge in [-0.05, 0) is 44.4 Å². The molecule has 0 aromatic rings. The van der Waals surface area contributed by atoms with Crippen LogP contribution in [0.3, 0.4) is 0 Å². The highest BCUT2D eigenvalue weighted by atomic mass is 16.3. The van der Waals surface area contributed by atoms with Crippen LogP contribution in [0.25, 0.3) is 0 Å². The molecule has 0 aromatic carbocycles. The molecule has 2 saturated carbocycles. The normalized spacial score (nSPS) is 27.9. The minimum atomic E-state index is 0.166. The minimum Gasteiger partial charge on any atom is -0.396 e. The maximum atomic E-state index is 12.5. The molecule has 0 spiro atoms. The highest BCUT2D eigenvalue weighted by Crippen LogP contribution is 2.29. The third kappa shape index (κ3) is 3.93. The maximum absolute atomic E-state index is 12.5. The van der Waals surface area contributed by atoms with Gasteiger partial charge in [0.1, 0.15) is 0 Å². The Bertz CT molecular complexity index is 292. The molecule has 0 saturated heterocycles. The van der Waals surface area contributed by atoms with Crippen LogP contribution in [-0.2, 0) is 4.79 Å². The number of nitrogens with zero attached hydrogens (tertiary/aromatic N) is 1. The molecule has 0 bridgehead atoms. The molecule has 110 valence electrons. The van der Waals surface area contributed by atoms with Gasteiger partial charge in [-0.15, -0.1) is 0 Å². The molecule has 3 N–H and O–H groups in total. The lowest BCUT2D eigenvalue weighted by Crippen LogP contribution is -2.46. The molecule has 4 nitrogen and oxygen atoms in total. The van der Waals surface area contributed by atoms with Crippen molar-refractivity contribution in [1.29, 1.82) is 0 Å².